The van der Waals surface area contributed by atoms with Gasteiger partial charge >= 0.3 is 0 Å². The van der Waals surface area contributed by atoms with Crippen LogP contribution >= 0.6 is 47.0 Å². The zero-order valence-electron chi connectivity index (χ0n) is 16.6. The predicted molar refractivity (Wildman–Crippen MR) is 135 cm³/mol. The molecule has 5 rings (SSSR count). The van der Waals surface area contributed by atoms with Crippen LogP contribution in [0.5, 0.6) is 0 Å². The van der Waals surface area contributed by atoms with Gasteiger partial charge in [-0.25, -0.2) is 0 Å². The molecule has 2 atom stereocenters. The molecule has 2 aromatic heterocycles. The predicted octanol–water partition coefficient (Wildman–Crippen LogP) is 7.01. The molecule has 0 aliphatic carbocycles. The minimum Gasteiger partial charge on any atom is -0.351 e. The van der Waals surface area contributed by atoms with Gasteiger partial charge in [0, 0.05) is 33.8 Å². The van der Waals surface area contributed by atoms with Crippen LogP contribution in [-0.2, 0) is 0 Å². The Bertz CT molecular complexity index is 1270. The number of rotatable bonds is 4. The average Bonchev–Trinajstić information content (AvgIpc) is 3.39. The first-order valence-electron chi connectivity index (χ1n) is 9.92. The van der Waals surface area contributed by atoms with Gasteiger partial charge < -0.3 is 14.8 Å². The van der Waals surface area contributed by atoms with Crippen LogP contribution in [0.15, 0.2) is 85.2 Å². The summed E-state index contributed by atoms with van der Waals surface area (Å²) in [5.74, 6) is 0. The monoisotopic (exact) mass is 498 g/mol. The quantitative estimate of drug-likeness (QED) is 0.306. The summed E-state index contributed by atoms with van der Waals surface area (Å²) in [6.07, 6.45) is 3.78. The number of pyridine rings is 1. The zero-order chi connectivity index (χ0) is 22.2. The number of nitrogens with zero attached hydrogens (tertiary/aromatic N) is 3. The summed E-state index contributed by atoms with van der Waals surface area (Å²) in [5.41, 5.74) is 3.67. The standard InChI is InChI=1S/C24H17Cl3N4S/c25-15-6-9-17(10-7-15)31-23(22(29-24(31)32)19-4-1-2-12-28-19)21-5-3-13-30(21)20-11-8-16(26)14-18(20)27/h1-14,22-23H,(H,29,32)/t22-,23+/m1/s1. The highest BCUT2D eigenvalue weighted by Crippen LogP contribution is 2.43. The number of thiocarbonyl (C=S) groups is 1. The van der Waals surface area contributed by atoms with Gasteiger partial charge in [-0.05, 0) is 78.9 Å². The molecule has 0 radical (unpaired) electrons. The van der Waals surface area contributed by atoms with Crippen molar-refractivity contribution in [2.45, 2.75) is 12.1 Å². The highest BCUT2D eigenvalue weighted by atomic mass is 35.5. The van der Waals surface area contributed by atoms with Crippen molar-refractivity contribution in [3.63, 3.8) is 0 Å². The molecule has 0 saturated carbocycles. The minimum absolute atomic E-state index is 0.167. The van der Waals surface area contributed by atoms with Crippen LogP contribution < -0.4 is 10.2 Å². The molecule has 2 aromatic carbocycles. The molecule has 32 heavy (non-hydrogen) atoms. The first kappa shape index (κ1) is 21.3. The molecule has 0 amide bonds. The largest absolute Gasteiger partial charge is 0.351 e. The van der Waals surface area contributed by atoms with E-state index in [9.17, 15) is 0 Å². The third-order valence-electron chi connectivity index (χ3n) is 5.46. The molecule has 0 bridgehead atoms. The maximum Gasteiger partial charge on any atom is 0.174 e. The lowest BCUT2D eigenvalue weighted by atomic mass is 10.0. The van der Waals surface area contributed by atoms with E-state index >= 15 is 0 Å². The van der Waals surface area contributed by atoms with Crippen molar-refractivity contribution in [1.82, 2.24) is 14.9 Å². The molecule has 1 aliphatic rings. The number of anilines is 1. The van der Waals surface area contributed by atoms with Gasteiger partial charge in [0.15, 0.2) is 5.11 Å². The summed E-state index contributed by atoms with van der Waals surface area (Å²) in [6, 6.07) is 22.7. The van der Waals surface area contributed by atoms with Crippen molar-refractivity contribution in [2.24, 2.45) is 0 Å². The van der Waals surface area contributed by atoms with Gasteiger partial charge in [0.05, 0.1) is 22.4 Å². The van der Waals surface area contributed by atoms with E-state index in [0.29, 0.717) is 20.2 Å². The van der Waals surface area contributed by atoms with Crippen LogP contribution in [0, 0.1) is 0 Å². The Morgan fingerprint density at radius 3 is 2.38 bits per heavy atom. The summed E-state index contributed by atoms with van der Waals surface area (Å²) in [6.45, 7) is 0. The molecule has 3 heterocycles. The van der Waals surface area contributed by atoms with Crippen molar-refractivity contribution in [2.75, 3.05) is 4.90 Å². The molecule has 8 heteroatoms. The lowest BCUT2D eigenvalue weighted by molar-refractivity contribution is 0.549. The maximum absolute atomic E-state index is 6.57. The van der Waals surface area contributed by atoms with Crippen LogP contribution in [0.25, 0.3) is 5.69 Å². The molecular formula is C24H17Cl3N4S. The lowest BCUT2D eigenvalue weighted by Crippen LogP contribution is -2.30. The van der Waals surface area contributed by atoms with E-state index in [4.69, 9.17) is 47.0 Å². The molecule has 1 N–H and O–H groups in total. The Hall–Kier alpha value is -2.57. The third kappa shape index (κ3) is 3.86. The van der Waals surface area contributed by atoms with Gasteiger partial charge in [-0.15, -0.1) is 0 Å². The van der Waals surface area contributed by atoms with E-state index in [0.717, 1.165) is 22.8 Å². The Kier molecular flexibility index (Phi) is 5.82. The molecular weight excluding hydrogens is 483 g/mol. The second-order valence-electron chi connectivity index (χ2n) is 7.37. The van der Waals surface area contributed by atoms with E-state index in [-0.39, 0.29) is 12.1 Å². The molecule has 1 aliphatic heterocycles. The Labute approximate surface area is 206 Å². The molecule has 160 valence electrons. The van der Waals surface area contributed by atoms with E-state index in [1.54, 1.807) is 12.3 Å². The minimum atomic E-state index is -0.180. The van der Waals surface area contributed by atoms with Crippen LogP contribution in [0.3, 0.4) is 0 Å². The zero-order valence-corrected chi connectivity index (χ0v) is 19.7. The SMILES string of the molecule is S=C1N[C@H](c2ccccn2)[C@H](c2cccn2-c2ccc(Cl)cc2Cl)N1c1ccc(Cl)cc1. The Balaban J connectivity index is 1.68. The van der Waals surface area contributed by atoms with Crippen molar-refractivity contribution < 1.29 is 0 Å². The topological polar surface area (TPSA) is 33.1 Å². The summed E-state index contributed by atoms with van der Waals surface area (Å²) in [4.78, 5) is 6.70. The van der Waals surface area contributed by atoms with Crippen LogP contribution in [-0.4, -0.2) is 14.7 Å². The van der Waals surface area contributed by atoms with Gasteiger partial charge in [0.2, 0.25) is 0 Å². The van der Waals surface area contributed by atoms with Gasteiger partial charge in [-0.2, -0.15) is 0 Å². The normalized spacial score (nSPS) is 18.1. The number of nitrogens with one attached hydrogen (secondary N) is 1. The van der Waals surface area contributed by atoms with Crippen molar-refractivity contribution in [3.05, 3.63) is 112 Å². The number of benzene rings is 2. The van der Waals surface area contributed by atoms with Gasteiger partial charge in [-0.3, -0.25) is 4.98 Å². The molecule has 1 saturated heterocycles. The van der Waals surface area contributed by atoms with E-state index in [2.05, 4.69) is 25.8 Å². The van der Waals surface area contributed by atoms with Crippen LogP contribution in [0.1, 0.15) is 23.5 Å². The second kappa shape index (κ2) is 8.75. The smallest absolute Gasteiger partial charge is 0.174 e. The molecule has 4 aromatic rings. The fourth-order valence-electron chi connectivity index (χ4n) is 4.07. The maximum atomic E-state index is 6.57. The van der Waals surface area contributed by atoms with E-state index in [1.807, 2.05) is 66.9 Å². The number of aromatic nitrogens is 2. The summed E-state index contributed by atoms with van der Waals surface area (Å²) >= 11 is 24.6. The summed E-state index contributed by atoms with van der Waals surface area (Å²) < 4.78 is 2.07. The third-order valence-corrected chi connectivity index (χ3v) is 6.56. The van der Waals surface area contributed by atoms with Gasteiger partial charge in [0.1, 0.15) is 6.04 Å². The average molecular weight is 500 g/mol. The lowest BCUT2D eigenvalue weighted by Gasteiger charge is -2.29. The molecule has 0 unspecified atom stereocenters. The number of hydrogen-bond donors (Lipinski definition) is 1. The van der Waals surface area contributed by atoms with Crippen molar-refractivity contribution in [1.29, 1.82) is 0 Å². The molecule has 1 fully saturated rings. The van der Waals surface area contributed by atoms with E-state index in [1.165, 1.54) is 0 Å². The van der Waals surface area contributed by atoms with Crippen molar-refractivity contribution in [3.8, 4) is 5.69 Å². The number of hydrogen-bond acceptors (Lipinski definition) is 2. The second-order valence-corrected chi connectivity index (χ2v) is 9.04. The van der Waals surface area contributed by atoms with Crippen LogP contribution in [0.2, 0.25) is 15.1 Å². The van der Waals surface area contributed by atoms with Gasteiger partial charge in [-0.1, -0.05) is 40.9 Å². The highest BCUT2D eigenvalue weighted by Gasteiger charge is 2.42. The van der Waals surface area contributed by atoms with E-state index < -0.39 is 0 Å². The Morgan fingerprint density at radius 2 is 1.66 bits per heavy atom. The van der Waals surface area contributed by atoms with Crippen LogP contribution in [0.4, 0.5) is 5.69 Å². The van der Waals surface area contributed by atoms with Crippen molar-refractivity contribution >= 4 is 57.8 Å². The first-order chi connectivity index (χ1) is 15.5. The summed E-state index contributed by atoms with van der Waals surface area (Å²) in [5, 5.41) is 5.90. The fraction of sp³-hybridized carbons (Fsp3) is 0.0833. The Morgan fingerprint density at radius 1 is 0.875 bits per heavy atom. The fourth-order valence-corrected chi connectivity index (χ4v) is 5.04. The van der Waals surface area contributed by atoms with Gasteiger partial charge in [0.25, 0.3) is 0 Å². The number of halogens is 3. The molecule has 0 spiro atoms. The molecule has 4 nitrogen and oxygen atoms in total. The summed E-state index contributed by atoms with van der Waals surface area (Å²) in [7, 11) is 0. The first-order valence-corrected chi connectivity index (χ1v) is 11.5. The highest BCUT2D eigenvalue weighted by molar-refractivity contribution is 7.80.